The zero-order chi connectivity index (χ0) is 14.5. The van der Waals surface area contributed by atoms with Crippen LogP contribution in [0.3, 0.4) is 0 Å². The van der Waals surface area contributed by atoms with E-state index in [0.717, 1.165) is 30.8 Å². The minimum atomic E-state index is -0.389. The van der Waals surface area contributed by atoms with E-state index < -0.39 is 0 Å². The van der Waals surface area contributed by atoms with E-state index in [1.165, 1.54) is 6.07 Å². The Kier molecular flexibility index (Phi) is 5.26. The van der Waals surface area contributed by atoms with Crippen LogP contribution in [0.4, 0.5) is 10.1 Å². The van der Waals surface area contributed by atoms with Crippen LogP contribution >= 0.6 is 23.2 Å². The maximum atomic E-state index is 13.6. The van der Waals surface area contributed by atoms with E-state index in [1.54, 1.807) is 12.1 Å². The van der Waals surface area contributed by atoms with Crippen LogP contribution in [-0.4, -0.2) is 9.97 Å². The molecule has 1 heterocycles. The lowest BCUT2D eigenvalue weighted by molar-refractivity contribution is 0.630. The number of benzene rings is 1. The zero-order valence-corrected chi connectivity index (χ0v) is 12.7. The molecule has 0 atom stereocenters. The minimum absolute atomic E-state index is 0.370. The number of aryl methyl sites for hydroxylation is 1. The zero-order valence-electron chi connectivity index (χ0n) is 11.1. The summed E-state index contributed by atoms with van der Waals surface area (Å²) in [5, 5.41) is 3.78. The topological polar surface area (TPSA) is 40.7 Å². The van der Waals surface area contributed by atoms with Gasteiger partial charge in [0, 0.05) is 11.4 Å². The number of rotatable bonds is 6. The number of imidazole rings is 1. The fourth-order valence-corrected chi connectivity index (χ4v) is 2.21. The predicted molar refractivity (Wildman–Crippen MR) is 80.9 cm³/mol. The fraction of sp³-hybridized carbons (Fsp3) is 0.357. The molecule has 6 heteroatoms. The fourth-order valence-electron chi connectivity index (χ4n) is 1.84. The molecule has 108 valence electrons. The van der Waals surface area contributed by atoms with Crippen molar-refractivity contribution >= 4 is 28.9 Å². The van der Waals surface area contributed by atoms with Gasteiger partial charge in [-0.15, -0.1) is 0 Å². The standard InChI is InChI=1S/C14H16Cl2FN3/c1-2-3-4-13-19-12(14(16)20-13)8-18-11-6-5-9(15)7-10(11)17/h5-7,18H,2-4,8H2,1H3,(H,19,20). The number of H-pyrrole nitrogens is 1. The average Bonchev–Trinajstić information content (AvgIpc) is 2.76. The molecule has 0 aliphatic carbocycles. The van der Waals surface area contributed by atoms with Crippen molar-refractivity contribution in [3.63, 3.8) is 0 Å². The van der Waals surface area contributed by atoms with E-state index in [9.17, 15) is 4.39 Å². The average molecular weight is 316 g/mol. The summed E-state index contributed by atoms with van der Waals surface area (Å²) in [6, 6.07) is 4.50. The Labute approximate surface area is 127 Å². The Balaban J connectivity index is 2.01. The number of hydrogen-bond donors (Lipinski definition) is 2. The minimum Gasteiger partial charge on any atom is -0.377 e. The highest BCUT2D eigenvalue weighted by Crippen LogP contribution is 2.21. The van der Waals surface area contributed by atoms with Gasteiger partial charge in [0.1, 0.15) is 11.6 Å². The van der Waals surface area contributed by atoms with Crippen molar-refractivity contribution in [1.29, 1.82) is 0 Å². The lowest BCUT2D eigenvalue weighted by Crippen LogP contribution is -2.02. The number of nitrogens with zero attached hydrogens (tertiary/aromatic N) is 1. The Hall–Kier alpha value is -1.26. The highest BCUT2D eigenvalue weighted by Gasteiger charge is 2.09. The summed E-state index contributed by atoms with van der Waals surface area (Å²) in [7, 11) is 0. The lowest BCUT2D eigenvalue weighted by atomic mass is 10.2. The van der Waals surface area contributed by atoms with Gasteiger partial charge in [0.15, 0.2) is 5.15 Å². The number of halogens is 3. The van der Waals surface area contributed by atoms with Gasteiger partial charge in [-0.2, -0.15) is 0 Å². The first-order valence-corrected chi connectivity index (χ1v) is 7.28. The quantitative estimate of drug-likeness (QED) is 0.803. The second-order valence-corrected chi connectivity index (χ2v) is 5.33. The first-order valence-electron chi connectivity index (χ1n) is 6.52. The second-order valence-electron chi connectivity index (χ2n) is 4.53. The monoisotopic (exact) mass is 315 g/mol. The summed E-state index contributed by atoms with van der Waals surface area (Å²) in [4.78, 5) is 7.42. The first kappa shape index (κ1) is 15.1. The molecule has 0 saturated carbocycles. The van der Waals surface area contributed by atoms with E-state index >= 15 is 0 Å². The normalized spacial score (nSPS) is 10.8. The molecule has 2 N–H and O–H groups in total. The van der Waals surface area contributed by atoms with Crippen molar-refractivity contribution in [2.75, 3.05) is 5.32 Å². The van der Waals surface area contributed by atoms with Gasteiger partial charge in [-0.1, -0.05) is 36.5 Å². The number of aromatic amines is 1. The molecule has 2 aromatic rings. The summed E-state index contributed by atoms with van der Waals surface area (Å²) >= 11 is 11.8. The summed E-state index contributed by atoms with van der Waals surface area (Å²) in [6.45, 7) is 2.51. The molecular formula is C14H16Cl2FN3. The number of nitrogens with one attached hydrogen (secondary N) is 2. The third-order valence-electron chi connectivity index (χ3n) is 2.93. The molecule has 0 amide bonds. The second kappa shape index (κ2) is 6.95. The summed E-state index contributed by atoms with van der Waals surface area (Å²) in [6.07, 6.45) is 3.02. The van der Waals surface area contributed by atoms with Crippen LogP contribution in [0.1, 0.15) is 31.3 Å². The number of unbranched alkanes of at least 4 members (excludes halogenated alkanes) is 1. The molecule has 0 unspecified atom stereocenters. The maximum absolute atomic E-state index is 13.6. The number of aromatic nitrogens is 2. The van der Waals surface area contributed by atoms with Crippen molar-refractivity contribution in [3.05, 3.63) is 45.7 Å². The van der Waals surface area contributed by atoms with Gasteiger partial charge in [0.05, 0.1) is 17.9 Å². The van der Waals surface area contributed by atoms with Crippen LogP contribution in [0.25, 0.3) is 0 Å². The molecule has 0 radical (unpaired) electrons. The Morgan fingerprint density at radius 2 is 2.15 bits per heavy atom. The van der Waals surface area contributed by atoms with Crippen molar-refractivity contribution in [3.8, 4) is 0 Å². The van der Waals surface area contributed by atoms with Crippen LogP contribution in [0, 0.1) is 5.82 Å². The SMILES string of the molecule is CCCCc1nc(Cl)c(CNc2ccc(Cl)cc2F)[nH]1. The molecule has 3 nitrogen and oxygen atoms in total. The number of hydrogen-bond acceptors (Lipinski definition) is 2. The molecule has 20 heavy (non-hydrogen) atoms. The third-order valence-corrected chi connectivity index (χ3v) is 3.48. The van der Waals surface area contributed by atoms with Crippen molar-refractivity contribution in [1.82, 2.24) is 9.97 Å². The Bertz CT molecular complexity index is 584. The van der Waals surface area contributed by atoms with Gasteiger partial charge in [0.25, 0.3) is 0 Å². The summed E-state index contributed by atoms with van der Waals surface area (Å²) < 4.78 is 13.6. The Morgan fingerprint density at radius 3 is 2.85 bits per heavy atom. The highest BCUT2D eigenvalue weighted by atomic mass is 35.5. The molecule has 0 fully saturated rings. The third kappa shape index (κ3) is 3.87. The molecule has 0 saturated heterocycles. The van der Waals surface area contributed by atoms with Gasteiger partial charge < -0.3 is 10.3 Å². The summed E-state index contributed by atoms with van der Waals surface area (Å²) in [5.41, 5.74) is 1.14. The highest BCUT2D eigenvalue weighted by molar-refractivity contribution is 6.30. The van der Waals surface area contributed by atoms with E-state index in [-0.39, 0.29) is 5.82 Å². The van der Waals surface area contributed by atoms with Gasteiger partial charge >= 0.3 is 0 Å². The lowest BCUT2D eigenvalue weighted by Gasteiger charge is -2.06. The number of anilines is 1. The molecule has 1 aromatic heterocycles. The molecule has 0 aliphatic rings. The molecule has 1 aromatic carbocycles. The first-order chi connectivity index (χ1) is 9.60. The largest absolute Gasteiger partial charge is 0.377 e. The van der Waals surface area contributed by atoms with E-state index in [0.29, 0.717) is 22.4 Å². The van der Waals surface area contributed by atoms with Gasteiger partial charge in [-0.25, -0.2) is 9.37 Å². The van der Waals surface area contributed by atoms with Crippen molar-refractivity contribution in [2.24, 2.45) is 0 Å². The van der Waals surface area contributed by atoms with Crippen LogP contribution < -0.4 is 5.32 Å². The maximum Gasteiger partial charge on any atom is 0.152 e. The molecule has 0 bridgehead atoms. The summed E-state index contributed by atoms with van der Waals surface area (Å²) in [5.74, 6) is 0.476. The van der Waals surface area contributed by atoms with Crippen molar-refractivity contribution in [2.45, 2.75) is 32.7 Å². The smallest absolute Gasteiger partial charge is 0.152 e. The van der Waals surface area contributed by atoms with Crippen LogP contribution in [0.5, 0.6) is 0 Å². The van der Waals surface area contributed by atoms with Crippen molar-refractivity contribution < 1.29 is 4.39 Å². The Morgan fingerprint density at radius 1 is 1.35 bits per heavy atom. The molecule has 0 aliphatic heterocycles. The predicted octanol–water partition coefficient (Wildman–Crippen LogP) is 4.81. The molecule has 2 rings (SSSR count). The molecule has 0 spiro atoms. The van der Waals surface area contributed by atoms with E-state index in [4.69, 9.17) is 23.2 Å². The molecular weight excluding hydrogens is 300 g/mol. The van der Waals surface area contributed by atoms with E-state index in [1.807, 2.05) is 0 Å². The van der Waals surface area contributed by atoms with Crippen LogP contribution in [0.15, 0.2) is 18.2 Å². The van der Waals surface area contributed by atoms with Gasteiger partial charge in [-0.3, -0.25) is 0 Å². The van der Waals surface area contributed by atoms with Crippen LogP contribution in [-0.2, 0) is 13.0 Å². The van der Waals surface area contributed by atoms with Gasteiger partial charge in [-0.05, 0) is 24.6 Å². The van der Waals surface area contributed by atoms with Gasteiger partial charge in [0.2, 0.25) is 0 Å². The van der Waals surface area contributed by atoms with Crippen LogP contribution in [0.2, 0.25) is 10.2 Å². The van der Waals surface area contributed by atoms with E-state index in [2.05, 4.69) is 22.2 Å².